The molecule has 0 fully saturated rings. The summed E-state index contributed by atoms with van der Waals surface area (Å²) in [6, 6.07) is 5.08. The van der Waals surface area contributed by atoms with E-state index in [0.29, 0.717) is 0 Å². The molecule has 0 saturated carbocycles. The second-order valence-electron chi connectivity index (χ2n) is 5.83. The second kappa shape index (κ2) is 5.98. The van der Waals surface area contributed by atoms with Gasteiger partial charge in [-0.25, -0.2) is 4.39 Å². The van der Waals surface area contributed by atoms with Crippen LogP contribution in [0.4, 0.5) is 4.39 Å². The summed E-state index contributed by atoms with van der Waals surface area (Å²) in [5.41, 5.74) is 9.75. The first-order valence-electron chi connectivity index (χ1n) is 7.38. The third kappa shape index (κ3) is 2.73. The highest BCUT2D eigenvalue weighted by atomic mass is 19.1. The molecule has 112 valence electrons. The van der Waals surface area contributed by atoms with Crippen LogP contribution in [0.1, 0.15) is 33.4 Å². The zero-order valence-corrected chi connectivity index (χ0v) is 13.8. The van der Waals surface area contributed by atoms with Gasteiger partial charge in [-0.15, -0.1) is 0 Å². The fourth-order valence-corrected chi connectivity index (χ4v) is 3.03. The van der Waals surface area contributed by atoms with E-state index in [4.69, 9.17) is 0 Å². The Kier molecular flexibility index (Phi) is 4.48. The molecule has 2 aromatic carbocycles. The molecule has 0 aliphatic heterocycles. The lowest BCUT2D eigenvalue weighted by Crippen LogP contribution is -2.08. The van der Waals surface area contributed by atoms with Crippen LogP contribution in [0.25, 0.3) is 11.1 Å². The van der Waals surface area contributed by atoms with Crippen molar-refractivity contribution in [1.82, 2.24) is 5.32 Å². The van der Waals surface area contributed by atoms with Crippen molar-refractivity contribution in [3.63, 3.8) is 0 Å². The van der Waals surface area contributed by atoms with Crippen molar-refractivity contribution in [1.29, 1.82) is 0 Å². The summed E-state index contributed by atoms with van der Waals surface area (Å²) in [4.78, 5) is 0. The van der Waals surface area contributed by atoms with Gasteiger partial charge in [0.2, 0.25) is 0 Å². The van der Waals surface area contributed by atoms with Gasteiger partial charge in [0, 0.05) is 6.54 Å². The van der Waals surface area contributed by atoms with Gasteiger partial charge < -0.3 is 5.32 Å². The van der Waals surface area contributed by atoms with Gasteiger partial charge in [0.15, 0.2) is 0 Å². The number of hydrogen-bond donors (Lipinski definition) is 1. The smallest absolute Gasteiger partial charge is 0.123 e. The van der Waals surface area contributed by atoms with Gasteiger partial charge in [-0.1, -0.05) is 6.07 Å². The summed E-state index contributed by atoms with van der Waals surface area (Å²) in [7, 11) is 1.92. The number of nitrogens with one attached hydrogen (secondary N) is 1. The van der Waals surface area contributed by atoms with E-state index in [9.17, 15) is 4.39 Å². The molecule has 0 saturated heterocycles. The van der Waals surface area contributed by atoms with E-state index in [-0.39, 0.29) is 5.82 Å². The van der Waals surface area contributed by atoms with Crippen molar-refractivity contribution in [2.24, 2.45) is 0 Å². The van der Waals surface area contributed by atoms with E-state index < -0.39 is 0 Å². The maximum atomic E-state index is 13.8. The molecule has 1 nitrogen and oxygen atoms in total. The van der Waals surface area contributed by atoms with Crippen LogP contribution in [0.2, 0.25) is 0 Å². The van der Waals surface area contributed by atoms with Gasteiger partial charge in [0.05, 0.1) is 0 Å². The quantitative estimate of drug-likeness (QED) is 0.857. The summed E-state index contributed by atoms with van der Waals surface area (Å²) in [6.07, 6.45) is 0. The van der Waals surface area contributed by atoms with Gasteiger partial charge in [-0.3, -0.25) is 0 Å². The van der Waals surface area contributed by atoms with Crippen LogP contribution in [0.5, 0.6) is 0 Å². The Morgan fingerprint density at radius 3 is 1.90 bits per heavy atom. The molecule has 0 amide bonds. The molecule has 2 rings (SSSR count). The number of halogens is 1. The Morgan fingerprint density at radius 1 is 0.857 bits per heavy atom. The summed E-state index contributed by atoms with van der Waals surface area (Å²) < 4.78 is 13.8. The topological polar surface area (TPSA) is 12.0 Å². The molecule has 0 heterocycles. The van der Waals surface area contributed by atoms with Crippen LogP contribution in [-0.2, 0) is 6.54 Å². The van der Waals surface area contributed by atoms with Crippen molar-refractivity contribution in [3.05, 3.63) is 57.4 Å². The Labute approximate surface area is 127 Å². The first kappa shape index (κ1) is 15.7. The largest absolute Gasteiger partial charge is 0.316 e. The second-order valence-corrected chi connectivity index (χ2v) is 5.83. The molecular formula is C19H24FN. The highest BCUT2D eigenvalue weighted by Gasteiger charge is 2.16. The first-order chi connectivity index (χ1) is 9.88. The van der Waals surface area contributed by atoms with E-state index in [1.165, 1.54) is 39.4 Å². The van der Waals surface area contributed by atoms with Gasteiger partial charge in [0.25, 0.3) is 0 Å². The molecule has 2 aromatic rings. The lowest BCUT2D eigenvalue weighted by atomic mass is 9.84. The standard InChI is InChI=1S/C19H24FN/c1-11-12(2)14(4)19(15(5)13(11)3)18-9-17(20)8-7-16(18)10-21-6/h7-9,21H,10H2,1-6H3. The van der Waals surface area contributed by atoms with E-state index in [1.807, 2.05) is 13.1 Å². The average Bonchev–Trinajstić information content (AvgIpc) is 2.46. The molecule has 0 aliphatic rings. The Morgan fingerprint density at radius 2 is 1.38 bits per heavy atom. The van der Waals surface area contributed by atoms with E-state index >= 15 is 0 Å². The molecule has 0 bridgehead atoms. The van der Waals surface area contributed by atoms with E-state index in [2.05, 4.69) is 39.9 Å². The first-order valence-corrected chi connectivity index (χ1v) is 7.38. The molecule has 0 aromatic heterocycles. The maximum Gasteiger partial charge on any atom is 0.123 e. The Balaban J connectivity index is 2.81. The fourth-order valence-electron chi connectivity index (χ4n) is 3.03. The molecule has 21 heavy (non-hydrogen) atoms. The number of hydrogen-bond acceptors (Lipinski definition) is 1. The van der Waals surface area contributed by atoms with Gasteiger partial charge in [-0.05, 0) is 98.3 Å². The minimum atomic E-state index is -0.181. The van der Waals surface area contributed by atoms with Crippen LogP contribution in [-0.4, -0.2) is 7.05 Å². The van der Waals surface area contributed by atoms with Gasteiger partial charge in [0.1, 0.15) is 5.82 Å². The van der Waals surface area contributed by atoms with E-state index in [1.54, 1.807) is 6.07 Å². The highest BCUT2D eigenvalue weighted by molar-refractivity contribution is 5.77. The van der Waals surface area contributed by atoms with Crippen molar-refractivity contribution >= 4 is 0 Å². The van der Waals surface area contributed by atoms with Crippen LogP contribution < -0.4 is 5.32 Å². The van der Waals surface area contributed by atoms with Crippen molar-refractivity contribution < 1.29 is 4.39 Å². The molecule has 2 heteroatoms. The van der Waals surface area contributed by atoms with Crippen LogP contribution in [0.15, 0.2) is 18.2 Å². The summed E-state index contributed by atoms with van der Waals surface area (Å²) >= 11 is 0. The summed E-state index contributed by atoms with van der Waals surface area (Å²) in [6.45, 7) is 11.5. The summed E-state index contributed by atoms with van der Waals surface area (Å²) in [5.74, 6) is -0.181. The molecule has 1 N–H and O–H groups in total. The molecule has 0 aliphatic carbocycles. The monoisotopic (exact) mass is 285 g/mol. The number of benzene rings is 2. The summed E-state index contributed by atoms with van der Waals surface area (Å²) in [5, 5.41) is 3.17. The number of rotatable bonds is 3. The minimum Gasteiger partial charge on any atom is -0.316 e. The predicted octanol–water partition coefficient (Wildman–Crippen LogP) is 4.75. The molecule has 0 radical (unpaired) electrons. The van der Waals surface area contributed by atoms with Gasteiger partial charge in [-0.2, -0.15) is 0 Å². The average molecular weight is 285 g/mol. The normalized spacial score (nSPS) is 11.0. The zero-order chi connectivity index (χ0) is 15.7. The van der Waals surface area contributed by atoms with Gasteiger partial charge >= 0.3 is 0 Å². The fraction of sp³-hybridized carbons (Fsp3) is 0.368. The van der Waals surface area contributed by atoms with Crippen LogP contribution in [0, 0.1) is 40.4 Å². The zero-order valence-electron chi connectivity index (χ0n) is 13.8. The van der Waals surface area contributed by atoms with Crippen molar-refractivity contribution in [3.8, 4) is 11.1 Å². The lowest BCUT2D eigenvalue weighted by molar-refractivity contribution is 0.627. The van der Waals surface area contributed by atoms with E-state index in [0.717, 1.165) is 17.7 Å². The Hall–Kier alpha value is -1.67. The molecule has 0 unspecified atom stereocenters. The maximum absolute atomic E-state index is 13.8. The Bertz CT molecular complexity index is 657. The third-order valence-corrected chi connectivity index (χ3v) is 4.71. The highest BCUT2D eigenvalue weighted by Crippen LogP contribution is 2.36. The van der Waals surface area contributed by atoms with Crippen LogP contribution >= 0.6 is 0 Å². The predicted molar refractivity (Wildman–Crippen MR) is 88.3 cm³/mol. The molecular weight excluding hydrogens is 261 g/mol. The minimum absolute atomic E-state index is 0.181. The van der Waals surface area contributed by atoms with Crippen molar-refractivity contribution in [2.75, 3.05) is 7.05 Å². The molecule has 0 atom stereocenters. The SMILES string of the molecule is CNCc1ccc(F)cc1-c1c(C)c(C)c(C)c(C)c1C. The lowest BCUT2D eigenvalue weighted by Gasteiger charge is -2.21. The van der Waals surface area contributed by atoms with Crippen molar-refractivity contribution in [2.45, 2.75) is 41.2 Å². The molecule has 0 spiro atoms. The van der Waals surface area contributed by atoms with Crippen LogP contribution in [0.3, 0.4) is 0 Å². The third-order valence-electron chi connectivity index (χ3n) is 4.71.